The Morgan fingerprint density at radius 2 is 1.75 bits per heavy atom. The lowest BCUT2D eigenvalue weighted by Crippen LogP contribution is -2.27. The normalized spacial score (nSPS) is 10.3. The molecule has 0 radical (unpaired) electrons. The number of halogens is 1. The third-order valence-electron chi connectivity index (χ3n) is 3.80. The predicted octanol–water partition coefficient (Wildman–Crippen LogP) is 4.11. The van der Waals surface area contributed by atoms with Crippen molar-refractivity contribution >= 4 is 29.2 Å². The van der Waals surface area contributed by atoms with E-state index in [2.05, 4.69) is 4.74 Å². The molecule has 0 heterocycles. The second-order valence-corrected chi connectivity index (χ2v) is 5.87. The minimum atomic E-state index is -0.224. The SMILES string of the molecule is COC(=O)CCCc1ccccc1N(C)C(=O)c1ccc(Cl)cc1. The summed E-state index contributed by atoms with van der Waals surface area (Å²) < 4.78 is 4.66. The minimum Gasteiger partial charge on any atom is -0.469 e. The van der Waals surface area contributed by atoms with Crippen molar-refractivity contribution in [1.29, 1.82) is 0 Å². The smallest absolute Gasteiger partial charge is 0.305 e. The zero-order valence-electron chi connectivity index (χ0n) is 13.8. The standard InChI is InChI=1S/C19H20ClNO3/c1-21(19(23)15-10-12-16(20)13-11-15)17-8-4-3-6-14(17)7-5-9-18(22)24-2/h3-4,6,8,10-13H,5,7,9H2,1-2H3. The van der Waals surface area contributed by atoms with Crippen molar-refractivity contribution in [2.45, 2.75) is 19.3 Å². The van der Waals surface area contributed by atoms with E-state index >= 15 is 0 Å². The van der Waals surface area contributed by atoms with Crippen LogP contribution >= 0.6 is 11.6 Å². The number of methoxy groups -OCH3 is 1. The molecule has 0 aliphatic rings. The van der Waals surface area contributed by atoms with Crippen molar-refractivity contribution in [3.63, 3.8) is 0 Å². The van der Waals surface area contributed by atoms with E-state index in [0.717, 1.165) is 11.3 Å². The Labute approximate surface area is 147 Å². The molecule has 126 valence electrons. The van der Waals surface area contributed by atoms with Crippen LogP contribution < -0.4 is 4.90 Å². The molecule has 0 unspecified atom stereocenters. The van der Waals surface area contributed by atoms with Crippen molar-refractivity contribution < 1.29 is 14.3 Å². The van der Waals surface area contributed by atoms with Crippen LogP contribution in [0, 0.1) is 0 Å². The molecule has 0 fully saturated rings. The third kappa shape index (κ3) is 4.59. The molecule has 0 bridgehead atoms. The maximum atomic E-state index is 12.6. The van der Waals surface area contributed by atoms with Gasteiger partial charge in [0.05, 0.1) is 7.11 Å². The van der Waals surface area contributed by atoms with Crippen LogP contribution in [0.15, 0.2) is 48.5 Å². The lowest BCUT2D eigenvalue weighted by atomic mass is 10.0. The first-order valence-electron chi connectivity index (χ1n) is 7.71. The van der Waals surface area contributed by atoms with Gasteiger partial charge in [0, 0.05) is 29.7 Å². The maximum Gasteiger partial charge on any atom is 0.305 e. The van der Waals surface area contributed by atoms with E-state index in [4.69, 9.17) is 11.6 Å². The van der Waals surface area contributed by atoms with Gasteiger partial charge in [0.1, 0.15) is 0 Å². The molecule has 4 nitrogen and oxygen atoms in total. The molecule has 2 rings (SSSR count). The first-order chi connectivity index (χ1) is 11.5. The number of ether oxygens (including phenoxy) is 1. The summed E-state index contributed by atoms with van der Waals surface area (Å²) in [6, 6.07) is 14.5. The average molecular weight is 346 g/mol. The number of hydrogen-bond donors (Lipinski definition) is 0. The molecule has 2 aromatic rings. The number of esters is 1. The number of amides is 1. The third-order valence-corrected chi connectivity index (χ3v) is 4.06. The van der Waals surface area contributed by atoms with Crippen LogP contribution in [0.4, 0.5) is 5.69 Å². The van der Waals surface area contributed by atoms with E-state index < -0.39 is 0 Å². The molecule has 0 N–H and O–H groups in total. The summed E-state index contributed by atoms with van der Waals surface area (Å²) in [5.74, 6) is -0.329. The lowest BCUT2D eigenvalue weighted by molar-refractivity contribution is -0.140. The van der Waals surface area contributed by atoms with Crippen LogP contribution in [0.1, 0.15) is 28.8 Å². The summed E-state index contributed by atoms with van der Waals surface area (Å²) >= 11 is 5.87. The summed E-state index contributed by atoms with van der Waals surface area (Å²) in [6.07, 6.45) is 1.73. The van der Waals surface area contributed by atoms with Gasteiger partial charge in [-0.1, -0.05) is 29.8 Å². The summed E-state index contributed by atoms with van der Waals surface area (Å²) in [4.78, 5) is 25.5. The quantitative estimate of drug-likeness (QED) is 0.740. The number of benzene rings is 2. The Bertz CT molecular complexity index is 713. The molecule has 2 aromatic carbocycles. The summed E-state index contributed by atoms with van der Waals surface area (Å²) in [6.45, 7) is 0. The number of hydrogen-bond acceptors (Lipinski definition) is 3. The van der Waals surface area contributed by atoms with E-state index in [-0.39, 0.29) is 11.9 Å². The van der Waals surface area contributed by atoms with Crippen molar-refractivity contribution in [3.8, 4) is 0 Å². The number of nitrogens with zero attached hydrogens (tertiary/aromatic N) is 1. The number of anilines is 1. The fourth-order valence-corrected chi connectivity index (χ4v) is 2.60. The highest BCUT2D eigenvalue weighted by atomic mass is 35.5. The fraction of sp³-hybridized carbons (Fsp3) is 0.263. The number of rotatable bonds is 6. The summed E-state index contributed by atoms with van der Waals surface area (Å²) in [5.41, 5.74) is 2.43. The van der Waals surface area contributed by atoms with Crippen LogP contribution in [0.2, 0.25) is 5.02 Å². The number of aryl methyl sites for hydroxylation is 1. The van der Waals surface area contributed by atoms with E-state index in [0.29, 0.717) is 29.8 Å². The Balaban J connectivity index is 2.14. The number of para-hydroxylation sites is 1. The molecule has 5 heteroatoms. The van der Waals surface area contributed by atoms with Gasteiger partial charge >= 0.3 is 5.97 Å². The Hall–Kier alpha value is -2.33. The first-order valence-corrected chi connectivity index (χ1v) is 8.09. The first kappa shape index (κ1) is 18.0. The maximum absolute atomic E-state index is 12.6. The van der Waals surface area contributed by atoms with Crippen LogP contribution in [0.5, 0.6) is 0 Å². The lowest BCUT2D eigenvalue weighted by Gasteiger charge is -2.21. The summed E-state index contributed by atoms with van der Waals surface area (Å²) in [5, 5.41) is 0.595. The molecule has 1 amide bonds. The zero-order valence-corrected chi connectivity index (χ0v) is 14.5. The molecule has 0 saturated carbocycles. The Morgan fingerprint density at radius 1 is 1.08 bits per heavy atom. The van der Waals surface area contributed by atoms with Gasteiger partial charge < -0.3 is 9.64 Å². The zero-order chi connectivity index (χ0) is 17.5. The van der Waals surface area contributed by atoms with E-state index in [1.54, 1.807) is 36.2 Å². The molecular formula is C19H20ClNO3. The summed E-state index contributed by atoms with van der Waals surface area (Å²) in [7, 11) is 3.13. The molecule has 0 aromatic heterocycles. The van der Waals surface area contributed by atoms with E-state index in [1.807, 2.05) is 24.3 Å². The van der Waals surface area contributed by atoms with Crippen molar-refractivity contribution in [2.24, 2.45) is 0 Å². The van der Waals surface area contributed by atoms with Gasteiger partial charge in [-0.05, 0) is 48.7 Å². The molecule has 0 aliphatic carbocycles. The Kier molecular flexibility index (Phi) is 6.38. The van der Waals surface area contributed by atoms with Gasteiger partial charge in [-0.2, -0.15) is 0 Å². The highest BCUT2D eigenvalue weighted by molar-refractivity contribution is 6.30. The largest absolute Gasteiger partial charge is 0.469 e. The van der Waals surface area contributed by atoms with Crippen LogP contribution in [0.3, 0.4) is 0 Å². The van der Waals surface area contributed by atoms with Crippen LogP contribution in [-0.2, 0) is 16.0 Å². The van der Waals surface area contributed by atoms with Gasteiger partial charge in [-0.15, -0.1) is 0 Å². The van der Waals surface area contributed by atoms with Crippen LogP contribution in [-0.4, -0.2) is 26.0 Å². The molecule has 0 atom stereocenters. The second-order valence-electron chi connectivity index (χ2n) is 5.43. The second kappa shape index (κ2) is 8.50. The van der Waals surface area contributed by atoms with Crippen molar-refractivity contribution in [2.75, 3.05) is 19.1 Å². The number of carbonyl (C=O) groups is 2. The van der Waals surface area contributed by atoms with Crippen molar-refractivity contribution in [1.82, 2.24) is 0 Å². The fourth-order valence-electron chi connectivity index (χ4n) is 2.47. The average Bonchev–Trinajstić information content (AvgIpc) is 2.61. The number of carbonyl (C=O) groups excluding carboxylic acids is 2. The Morgan fingerprint density at radius 3 is 2.42 bits per heavy atom. The van der Waals surface area contributed by atoms with Crippen LogP contribution in [0.25, 0.3) is 0 Å². The molecule has 0 aliphatic heterocycles. The van der Waals surface area contributed by atoms with Gasteiger partial charge in [0.25, 0.3) is 5.91 Å². The molecule has 0 spiro atoms. The molecule has 24 heavy (non-hydrogen) atoms. The highest BCUT2D eigenvalue weighted by Gasteiger charge is 2.16. The minimum absolute atomic E-state index is 0.105. The van der Waals surface area contributed by atoms with E-state index in [9.17, 15) is 9.59 Å². The predicted molar refractivity (Wildman–Crippen MR) is 95.6 cm³/mol. The van der Waals surface area contributed by atoms with Gasteiger partial charge in [0.2, 0.25) is 0 Å². The van der Waals surface area contributed by atoms with Gasteiger partial charge in [-0.3, -0.25) is 9.59 Å². The van der Waals surface area contributed by atoms with Gasteiger partial charge in [0.15, 0.2) is 0 Å². The van der Waals surface area contributed by atoms with Crippen molar-refractivity contribution in [3.05, 3.63) is 64.7 Å². The topological polar surface area (TPSA) is 46.6 Å². The highest BCUT2D eigenvalue weighted by Crippen LogP contribution is 2.23. The van der Waals surface area contributed by atoms with Gasteiger partial charge in [-0.25, -0.2) is 0 Å². The van der Waals surface area contributed by atoms with E-state index in [1.165, 1.54) is 7.11 Å². The monoisotopic (exact) mass is 345 g/mol. The molecule has 0 saturated heterocycles. The molecular weight excluding hydrogens is 326 g/mol.